The summed E-state index contributed by atoms with van der Waals surface area (Å²) in [6.45, 7) is 0. The molecule has 188 valence electrons. The Hall–Kier alpha value is -3.45. The van der Waals surface area contributed by atoms with Crippen LogP contribution in [0.25, 0.3) is 22.2 Å². The summed E-state index contributed by atoms with van der Waals surface area (Å²) in [5.74, 6) is 0.221. The van der Waals surface area contributed by atoms with Crippen molar-refractivity contribution in [2.75, 3.05) is 26.1 Å². The van der Waals surface area contributed by atoms with Gasteiger partial charge in [-0.15, -0.1) is 0 Å². The van der Waals surface area contributed by atoms with Gasteiger partial charge in [-0.3, -0.25) is 9.78 Å². The van der Waals surface area contributed by atoms with E-state index in [9.17, 15) is 13.2 Å². The molecule has 0 fully saturated rings. The quantitative estimate of drug-likeness (QED) is 0.327. The maximum Gasteiger partial charge on any atom is 0.253 e. The third kappa shape index (κ3) is 6.82. The van der Waals surface area contributed by atoms with Crippen LogP contribution < -0.4 is 0 Å². The van der Waals surface area contributed by atoms with E-state index < -0.39 is 9.84 Å². The van der Waals surface area contributed by atoms with E-state index in [1.807, 2.05) is 30.5 Å². The minimum absolute atomic E-state index is 0.00860. The van der Waals surface area contributed by atoms with Crippen LogP contribution in [0.3, 0.4) is 0 Å². The summed E-state index contributed by atoms with van der Waals surface area (Å²) in [5.41, 5.74) is 7.26. The summed E-state index contributed by atoms with van der Waals surface area (Å²) in [5, 5.41) is 1.06. The lowest BCUT2D eigenvalue weighted by Crippen LogP contribution is -2.21. The van der Waals surface area contributed by atoms with Crippen molar-refractivity contribution < 1.29 is 13.2 Å². The summed E-state index contributed by atoms with van der Waals surface area (Å²) in [6.07, 6.45) is 7.45. The molecule has 2 aromatic carbocycles. The molecule has 0 aliphatic heterocycles. The summed E-state index contributed by atoms with van der Waals surface area (Å²) in [7, 11) is 0.590. The molecule has 2 aromatic heterocycles. The van der Waals surface area contributed by atoms with Gasteiger partial charge in [-0.1, -0.05) is 36.4 Å². The molecular weight excluding hydrogens is 470 g/mol. The van der Waals surface area contributed by atoms with E-state index >= 15 is 0 Å². The van der Waals surface area contributed by atoms with Crippen LogP contribution in [0.1, 0.15) is 40.0 Å². The molecule has 36 heavy (non-hydrogen) atoms. The number of sulfone groups is 1. The number of nitrogens with zero attached hydrogens (tertiary/aromatic N) is 2. The zero-order valence-electron chi connectivity index (χ0n) is 21.1. The molecule has 0 saturated carbocycles. The molecule has 1 N–H and O–H groups in total. The fourth-order valence-electron chi connectivity index (χ4n) is 4.36. The second-order valence-corrected chi connectivity index (χ2v) is 11.9. The molecule has 0 aliphatic rings. The number of carbonyl (C=O) groups is 1. The molecule has 0 bridgehead atoms. The molecule has 6 nitrogen and oxygen atoms in total. The fraction of sp³-hybridized carbons (Fsp3) is 0.310. The molecule has 4 rings (SSSR count). The van der Waals surface area contributed by atoms with Crippen molar-refractivity contribution in [1.82, 2.24) is 14.9 Å². The van der Waals surface area contributed by atoms with Crippen molar-refractivity contribution in [2.45, 2.75) is 32.1 Å². The lowest BCUT2D eigenvalue weighted by molar-refractivity contribution is 0.0827. The lowest BCUT2D eigenvalue weighted by atomic mass is 10.0. The number of aromatic nitrogens is 2. The molecule has 4 aromatic rings. The lowest BCUT2D eigenvalue weighted by Gasteiger charge is -2.10. The number of aryl methyl sites for hydroxylation is 3. The number of hydrogen-bond donors (Lipinski definition) is 1. The standard InChI is InChI=1S/C29H33N3O3S/c1-32(2)29(33)24-14-12-23(13-15-24)27-18-25-20-30-26(19-28(25)31-27)11-5-9-21-7-4-8-22(17-21)10-6-16-36(3,34)35/h4,7-8,12-15,17-20,31H,5-6,9-11,16H2,1-3H3. The summed E-state index contributed by atoms with van der Waals surface area (Å²) >= 11 is 0. The largest absolute Gasteiger partial charge is 0.354 e. The van der Waals surface area contributed by atoms with Crippen LogP contribution >= 0.6 is 0 Å². The minimum Gasteiger partial charge on any atom is -0.354 e. The first-order valence-corrected chi connectivity index (χ1v) is 14.3. The van der Waals surface area contributed by atoms with E-state index in [0.29, 0.717) is 12.0 Å². The topological polar surface area (TPSA) is 83.1 Å². The number of fused-ring (bicyclic) bond motifs is 1. The Balaban J connectivity index is 1.36. The Morgan fingerprint density at radius 1 is 0.917 bits per heavy atom. The normalized spacial score (nSPS) is 11.6. The smallest absolute Gasteiger partial charge is 0.253 e. The van der Waals surface area contributed by atoms with E-state index in [2.05, 4.69) is 46.4 Å². The Bertz CT molecular complexity index is 1450. The molecule has 0 radical (unpaired) electrons. The number of hydrogen-bond acceptors (Lipinski definition) is 4. The molecular formula is C29H33N3O3S. The number of rotatable bonds is 10. The van der Waals surface area contributed by atoms with Gasteiger partial charge in [-0.25, -0.2) is 8.42 Å². The maximum atomic E-state index is 12.1. The van der Waals surface area contributed by atoms with Gasteiger partial charge in [0.2, 0.25) is 0 Å². The van der Waals surface area contributed by atoms with Gasteiger partial charge in [0.05, 0.1) is 5.75 Å². The number of benzene rings is 2. The van der Waals surface area contributed by atoms with Crippen molar-refractivity contribution in [3.05, 3.63) is 89.2 Å². The molecule has 0 aliphatic carbocycles. The van der Waals surface area contributed by atoms with Gasteiger partial charge in [0.1, 0.15) is 9.84 Å². The van der Waals surface area contributed by atoms with Gasteiger partial charge < -0.3 is 9.88 Å². The summed E-state index contributed by atoms with van der Waals surface area (Å²) in [6, 6.07) is 20.3. The third-order valence-corrected chi connectivity index (χ3v) is 7.31. The van der Waals surface area contributed by atoms with E-state index in [-0.39, 0.29) is 11.7 Å². The molecule has 1 amide bonds. The highest BCUT2D eigenvalue weighted by atomic mass is 32.2. The minimum atomic E-state index is -2.91. The Morgan fingerprint density at radius 3 is 2.28 bits per heavy atom. The van der Waals surface area contributed by atoms with Crippen molar-refractivity contribution in [3.8, 4) is 11.3 Å². The molecule has 0 spiro atoms. The number of amides is 1. The molecule has 7 heteroatoms. The van der Waals surface area contributed by atoms with Crippen LogP contribution in [-0.2, 0) is 29.1 Å². The molecule has 2 heterocycles. The van der Waals surface area contributed by atoms with Crippen LogP contribution in [0.15, 0.2) is 66.9 Å². The highest BCUT2D eigenvalue weighted by Gasteiger charge is 2.10. The predicted molar refractivity (Wildman–Crippen MR) is 146 cm³/mol. The Morgan fingerprint density at radius 2 is 1.61 bits per heavy atom. The molecule has 0 saturated heterocycles. The number of H-pyrrole nitrogens is 1. The van der Waals surface area contributed by atoms with Crippen LogP contribution in [0.4, 0.5) is 0 Å². The first-order valence-electron chi connectivity index (χ1n) is 12.2. The van der Waals surface area contributed by atoms with Gasteiger partial charge >= 0.3 is 0 Å². The summed E-state index contributed by atoms with van der Waals surface area (Å²) < 4.78 is 22.7. The predicted octanol–water partition coefficient (Wildman–Crippen LogP) is 5.08. The molecule has 0 unspecified atom stereocenters. The average molecular weight is 504 g/mol. The second-order valence-electron chi connectivity index (χ2n) is 9.63. The van der Waals surface area contributed by atoms with E-state index in [1.54, 1.807) is 19.0 Å². The highest BCUT2D eigenvalue weighted by molar-refractivity contribution is 7.90. The van der Waals surface area contributed by atoms with Crippen LogP contribution in [0.5, 0.6) is 0 Å². The van der Waals surface area contributed by atoms with E-state index in [4.69, 9.17) is 0 Å². The van der Waals surface area contributed by atoms with E-state index in [1.165, 1.54) is 17.4 Å². The van der Waals surface area contributed by atoms with Gasteiger partial charge in [-0.05, 0) is 73.1 Å². The zero-order chi connectivity index (χ0) is 25.7. The van der Waals surface area contributed by atoms with Gasteiger partial charge in [0.25, 0.3) is 5.91 Å². The first-order chi connectivity index (χ1) is 17.2. The van der Waals surface area contributed by atoms with Crippen LogP contribution in [-0.4, -0.2) is 55.3 Å². The number of aromatic amines is 1. The van der Waals surface area contributed by atoms with Gasteiger partial charge in [0.15, 0.2) is 0 Å². The second kappa shape index (κ2) is 11.1. The monoisotopic (exact) mass is 503 g/mol. The van der Waals surface area contributed by atoms with Crippen molar-refractivity contribution in [3.63, 3.8) is 0 Å². The van der Waals surface area contributed by atoms with Crippen LogP contribution in [0.2, 0.25) is 0 Å². The Labute approximate surface area is 213 Å². The van der Waals surface area contributed by atoms with Crippen LogP contribution in [0, 0.1) is 0 Å². The molecule has 0 atom stereocenters. The first kappa shape index (κ1) is 25.6. The highest BCUT2D eigenvalue weighted by Crippen LogP contribution is 2.25. The van der Waals surface area contributed by atoms with Crippen molar-refractivity contribution in [2.24, 2.45) is 0 Å². The summed E-state index contributed by atoms with van der Waals surface area (Å²) in [4.78, 5) is 21.8. The number of pyridine rings is 1. The fourth-order valence-corrected chi connectivity index (χ4v) is 5.03. The van der Waals surface area contributed by atoms with Gasteiger partial charge in [0, 0.05) is 54.4 Å². The van der Waals surface area contributed by atoms with Crippen molar-refractivity contribution in [1.29, 1.82) is 0 Å². The Kier molecular flexibility index (Phi) is 7.89. The van der Waals surface area contributed by atoms with E-state index in [0.717, 1.165) is 53.5 Å². The maximum absolute atomic E-state index is 12.1. The number of carbonyl (C=O) groups excluding carboxylic acids is 1. The van der Waals surface area contributed by atoms with Crippen molar-refractivity contribution >= 4 is 26.6 Å². The average Bonchev–Trinajstić information content (AvgIpc) is 3.27. The zero-order valence-corrected chi connectivity index (χ0v) is 21.9. The number of nitrogens with one attached hydrogen (secondary N) is 1. The van der Waals surface area contributed by atoms with Gasteiger partial charge in [-0.2, -0.15) is 0 Å². The third-order valence-electron chi connectivity index (χ3n) is 6.28. The SMILES string of the molecule is CN(C)C(=O)c1ccc(-c2cc3cnc(CCCc4cccc(CCCS(C)(=O)=O)c4)cc3[nH]2)cc1.